The van der Waals surface area contributed by atoms with E-state index in [1.807, 2.05) is 18.7 Å². The molecular weight excluding hydrogens is 270 g/mol. The van der Waals surface area contributed by atoms with Crippen molar-refractivity contribution in [1.29, 1.82) is 0 Å². The number of hydrogen-bond acceptors (Lipinski definition) is 3. The fraction of sp³-hybridized carbons (Fsp3) is 0.438. The Labute approximate surface area is 125 Å². The average molecular weight is 291 g/mol. The molecular formula is C16H21NO2S. The topological polar surface area (TPSA) is 49.3 Å². The van der Waals surface area contributed by atoms with Crippen LogP contribution in [0.4, 0.5) is 0 Å². The molecule has 0 heterocycles. The van der Waals surface area contributed by atoms with Gasteiger partial charge >= 0.3 is 0 Å². The Morgan fingerprint density at radius 3 is 2.70 bits per heavy atom. The molecule has 0 bridgehead atoms. The number of hydrogen-bond donors (Lipinski definition) is 2. The molecule has 0 aromatic heterocycles. The lowest BCUT2D eigenvalue weighted by Gasteiger charge is -2.13. The van der Waals surface area contributed by atoms with Gasteiger partial charge < -0.3 is 10.4 Å². The van der Waals surface area contributed by atoms with Gasteiger partial charge in [-0.25, -0.2) is 0 Å². The van der Waals surface area contributed by atoms with Crippen LogP contribution in [0.25, 0.3) is 0 Å². The van der Waals surface area contributed by atoms with Gasteiger partial charge in [0.25, 0.3) is 5.91 Å². The summed E-state index contributed by atoms with van der Waals surface area (Å²) in [6.07, 6.45) is 0.976. The van der Waals surface area contributed by atoms with Gasteiger partial charge in [0.15, 0.2) is 0 Å². The molecule has 1 unspecified atom stereocenters. The van der Waals surface area contributed by atoms with Crippen molar-refractivity contribution in [2.45, 2.75) is 26.3 Å². The summed E-state index contributed by atoms with van der Waals surface area (Å²) in [5.74, 6) is 7.49. The van der Waals surface area contributed by atoms with Crippen LogP contribution in [0, 0.1) is 11.8 Å². The van der Waals surface area contributed by atoms with Crippen LogP contribution in [0.15, 0.2) is 24.3 Å². The summed E-state index contributed by atoms with van der Waals surface area (Å²) in [6, 6.07) is 7.26. The zero-order valence-corrected chi connectivity index (χ0v) is 12.8. The minimum Gasteiger partial charge on any atom is -0.384 e. The minimum absolute atomic E-state index is 0.0549. The monoisotopic (exact) mass is 291 g/mol. The number of aliphatic hydroxyl groups excluding tert-OH is 1. The highest BCUT2D eigenvalue weighted by atomic mass is 32.2. The first kappa shape index (κ1) is 16.6. The van der Waals surface area contributed by atoms with Gasteiger partial charge in [-0.1, -0.05) is 18.8 Å². The third-order valence-corrected chi connectivity index (χ3v) is 3.67. The van der Waals surface area contributed by atoms with Crippen LogP contribution < -0.4 is 5.32 Å². The van der Waals surface area contributed by atoms with Crippen molar-refractivity contribution in [2.75, 3.05) is 18.1 Å². The molecule has 0 aliphatic heterocycles. The normalized spacial score (nSPS) is 11.3. The summed E-state index contributed by atoms with van der Waals surface area (Å²) in [5.41, 5.74) is 1.43. The second-order valence-electron chi connectivity index (χ2n) is 4.40. The second-order valence-corrected chi connectivity index (χ2v) is 5.79. The van der Waals surface area contributed by atoms with Gasteiger partial charge in [0.1, 0.15) is 6.61 Å². The lowest BCUT2D eigenvalue weighted by Crippen LogP contribution is -2.32. The first-order valence-electron chi connectivity index (χ1n) is 6.75. The first-order valence-corrected chi connectivity index (χ1v) is 7.91. The molecule has 3 nitrogen and oxygen atoms in total. The molecule has 1 amide bonds. The Morgan fingerprint density at radius 1 is 1.40 bits per heavy atom. The zero-order chi connectivity index (χ0) is 14.8. The van der Waals surface area contributed by atoms with E-state index in [0.29, 0.717) is 5.56 Å². The maximum atomic E-state index is 12.0. The largest absolute Gasteiger partial charge is 0.384 e. The molecule has 0 spiro atoms. The van der Waals surface area contributed by atoms with Gasteiger partial charge in [-0.05, 0) is 49.1 Å². The molecule has 0 saturated heterocycles. The van der Waals surface area contributed by atoms with Crippen molar-refractivity contribution < 1.29 is 9.90 Å². The molecule has 0 saturated carbocycles. The van der Waals surface area contributed by atoms with E-state index in [0.717, 1.165) is 23.5 Å². The number of benzene rings is 1. The Kier molecular flexibility index (Phi) is 7.86. The highest BCUT2D eigenvalue weighted by Crippen LogP contribution is 2.06. The van der Waals surface area contributed by atoms with Crippen LogP contribution in [-0.2, 0) is 0 Å². The summed E-state index contributed by atoms with van der Waals surface area (Å²) in [4.78, 5) is 12.0. The van der Waals surface area contributed by atoms with Gasteiger partial charge in [-0.15, -0.1) is 0 Å². The molecule has 0 aliphatic carbocycles. The summed E-state index contributed by atoms with van der Waals surface area (Å²) >= 11 is 1.88. The smallest absolute Gasteiger partial charge is 0.251 e. The van der Waals surface area contributed by atoms with Crippen molar-refractivity contribution in [3.8, 4) is 11.8 Å². The molecule has 4 heteroatoms. The number of rotatable bonds is 6. The maximum Gasteiger partial charge on any atom is 0.251 e. The van der Waals surface area contributed by atoms with Gasteiger partial charge in [0, 0.05) is 17.2 Å². The van der Waals surface area contributed by atoms with E-state index < -0.39 is 0 Å². The predicted molar refractivity (Wildman–Crippen MR) is 85.0 cm³/mol. The van der Waals surface area contributed by atoms with Crippen LogP contribution in [0.1, 0.15) is 36.2 Å². The highest BCUT2D eigenvalue weighted by molar-refractivity contribution is 7.99. The van der Waals surface area contributed by atoms with E-state index in [9.17, 15) is 4.79 Å². The summed E-state index contributed by atoms with van der Waals surface area (Å²) in [5, 5.41) is 11.6. The molecule has 1 aromatic carbocycles. The molecule has 0 fully saturated rings. The van der Waals surface area contributed by atoms with Crippen LogP contribution in [0.2, 0.25) is 0 Å². The number of thioether (sulfide) groups is 1. The SMILES string of the molecule is CCSCCC(C)NC(=O)c1ccc(C#CCO)cc1. The number of nitrogens with one attached hydrogen (secondary N) is 1. The number of carbonyl (C=O) groups is 1. The Morgan fingerprint density at radius 2 is 2.10 bits per heavy atom. The standard InChI is InChI=1S/C16H21NO2S/c1-3-20-12-10-13(2)17-16(19)15-8-6-14(7-9-15)5-4-11-18/h6-9,13,18H,3,10-12H2,1-2H3,(H,17,19). The van der Waals surface area contributed by atoms with Crippen molar-refractivity contribution in [2.24, 2.45) is 0 Å². The molecule has 0 aliphatic rings. The lowest BCUT2D eigenvalue weighted by molar-refractivity contribution is 0.0939. The fourth-order valence-corrected chi connectivity index (χ4v) is 2.44. The van der Waals surface area contributed by atoms with Crippen LogP contribution in [-0.4, -0.2) is 35.2 Å². The van der Waals surface area contributed by atoms with Gasteiger partial charge in [0.05, 0.1) is 0 Å². The first-order chi connectivity index (χ1) is 9.67. The molecule has 2 N–H and O–H groups in total. The van der Waals surface area contributed by atoms with E-state index in [1.54, 1.807) is 24.3 Å². The zero-order valence-electron chi connectivity index (χ0n) is 12.0. The summed E-state index contributed by atoms with van der Waals surface area (Å²) < 4.78 is 0. The van der Waals surface area contributed by atoms with E-state index in [4.69, 9.17) is 5.11 Å². The third-order valence-electron chi connectivity index (χ3n) is 2.74. The summed E-state index contributed by atoms with van der Waals surface area (Å²) in [6.45, 7) is 4.00. The van der Waals surface area contributed by atoms with Gasteiger partial charge in [-0.2, -0.15) is 11.8 Å². The minimum atomic E-state index is -0.157. The molecule has 1 rings (SSSR count). The summed E-state index contributed by atoms with van der Waals surface area (Å²) in [7, 11) is 0. The predicted octanol–water partition coefficient (Wildman–Crippen LogP) is 2.29. The molecule has 108 valence electrons. The van der Waals surface area contributed by atoms with Gasteiger partial charge in [0.2, 0.25) is 0 Å². The average Bonchev–Trinajstić information content (AvgIpc) is 2.46. The van der Waals surface area contributed by atoms with Crippen LogP contribution >= 0.6 is 11.8 Å². The van der Waals surface area contributed by atoms with E-state index >= 15 is 0 Å². The molecule has 20 heavy (non-hydrogen) atoms. The molecule has 1 aromatic rings. The number of carbonyl (C=O) groups excluding carboxylic acids is 1. The van der Waals surface area contributed by atoms with Crippen molar-refractivity contribution in [1.82, 2.24) is 5.32 Å². The maximum absolute atomic E-state index is 12.0. The Balaban J connectivity index is 2.50. The van der Waals surface area contributed by atoms with Crippen molar-refractivity contribution in [3.63, 3.8) is 0 Å². The van der Waals surface area contributed by atoms with E-state index in [2.05, 4.69) is 24.1 Å². The Hall–Kier alpha value is -1.44. The number of aliphatic hydroxyl groups is 1. The second kappa shape index (κ2) is 9.46. The lowest BCUT2D eigenvalue weighted by atomic mass is 10.1. The molecule has 0 radical (unpaired) electrons. The highest BCUT2D eigenvalue weighted by Gasteiger charge is 2.09. The van der Waals surface area contributed by atoms with Crippen molar-refractivity contribution in [3.05, 3.63) is 35.4 Å². The molecule has 1 atom stereocenters. The van der Waals surface area contributed by atoms with Crippen LogP contribution in [0.3, 0.4) is 0 Å². The van der Waals surface area contributed by atoms with E-state index in [-0.39, 0.29) is 18.6 Å². The fourth-order valence-electron chi connectivity index (χ4n) is 1.63. The quantitative estimate of drug-likeness (QED) is 0.624. The Bertz CT molecular complexity index is 473. The third kappa shape index (κ3) is 6.14. The van der Waals surface area contributed by atoms with Crippen LogP contribution in [0.5, 0.6) is 0 Å². The number of amides is 1. The van der Waals surface area contributed by atoms with Crippen molar-refractivity contribution >= 4 is 17.7 Å². The van der Waals surface area contributed by atoms with Gasteiger partial charge in [-0.3, -0.25) is 4.79 Å². The van der Waals surface area contributed by atoms with E-state index in [1.165, 1.54) is 0 Å².